The van der Waals surface area contributed by atoms with E-state index in [9.17, 15) is 49.5 Å². The fourth-order valence-electron chi connectivity index (χ4n) is 3.56. The maximum Gasteiger partial charge on any atom is 0.483 e. The third-order valence-corrected chi connectivity index (χ3v) is 5.49. The van der Waals surface area contributed by atoms with Gasteiger partial charge in [0.2, 0.25) is 11.7 Å². The maximum atomic E-state index is 14.7. The Bertz CT molecular complexity index is 1270. The number of hydrogen-bond donors (Lipinski definition) is 0. The molecule has 0 saturated heterocycles. The van der Waals surface area contributed by atoms with E-state index < -0.39 is 87.4 Å². The lowest BCUT2D eigenvalue weighted by atomic mass is 10.00. The number of likely N-dealkylation sites (N-methyl/N-ethyl adjacent to an activating group) is 1. The third-order valence-electron chi connectivity index (χ3n) is 5.49. The first-order valence-corrected chi connectivity index (χ1v) is 10.2. The van der Waals surface area contributed by atoms with Gasteiger partial charge in [-0.3, -0.25) is 19.3 Å². The lowest BCUT2D eigenvalue weighted by molar-refractivity contribution is -0.193. The number of halogens is 8. The molecule has 3 rings (SSSR count). The third kappa shape index (κ3) is 4.76. The highest BCUT2D eigenvalue weighted by Gasteiger charge is 2.53. The Labute approximate surface area is 203 Å². The molecule has 15 heteroatoms. The first-order valence-electron chi connectivity index (χ1n) is 10.2. The number of anilines is 1. The second-order valence-electron chi connectivity index (χ2n) is 7.80. The van der Waals surface area contributed by atoms with Gasteiger partial charge in [0, 0.05) is 25.2 Å². The van der Waals surface area contributed by atoms with Gasteiger partial charge < -0.3 is 14.4 Å². The van der Waals surface area contributed by atoms with Gasteiger partial charge in [0.15, 0.2) is 29.0 Å². The molecule has 0 saturated carbocycles. The van der Waals surface area contributed by atoms with Crippen LogP contribution in [0.5, 0.6) is 5.75 Å². The van der Waals surface area contributed by atoms with Crippen LogP contribution in [0.4, 0.5) is 40.8 Å². The highest BCUT2D eigenvalue weighted by molar-refractivity contribution is 6.06. The van der Waals surface area contributed by atoms with E-state index in [2.05, 4.69) is 9.47 Å². The Morgan fingerprint density at radius 3 is 2.11 bits per heavy atom. The Kier molecular flexibility index (Phi) is 7.37. The number of hydrogen-bond acceptors (Lipinski definition) is 5. The molecule has 1 aliphatic rings. The van der Waals surface area contributed by atoms with Crippen LogP contribution in [0.25, 0.3) is 11.1 Å². The summed E-state index contributed by atoms with van der Waals surface area (Å²) in [5.41, 5.74) is -3.86. The molecule has 0 aromatic heterocycles. The molecular weight excluding hydrogens is 524 g/mol. The van der Waals surface area contributed by atoms with Crippen molar-refractivity contribution in [1.82, 2.24) is 4.90 Å². The van der Waals surface area contributed by atoms with Gasteiger partial charge in [-0.2, -0.15) is 8.78 Å². The molecule has 2 aromatic rings. The molecule has 0 bridgehead atoms. The van der Waals surface area contributed by atoms with Gasteiger partial charge in [-0.15, -0.1) is 0 Å². The number of carbonyl (C=O) groups excluding carboxylic acids is 3. The molecular formula is C22H16F8N2O5. The topological polar surface area (TPSA) is 76.2 Å². The molecule has 1 heterocycles. The minimum atomic E-state index is -4.62. The van der Waals surface area contributed by atoms with Crippen molar-refractivity contribution < 1.29 is 59.0 Å². The lowest BCUT2D eigenvalue weighted by Gasteiger charge is -2.38. The second-order valence-corrected chi connectivity index (χ2v) is 7.80. The van der Waals surface area contributed by atoms with Gasteiger partial charge in [0.1, 0.15) is 11.9 Å². The molecule has 1 aliphatic heterocycles. The van der Waals surface area contributed by atoms with Gasteiger partial charge in [-0.25, -0.2) is 26.3 Å². The zero-order chi connectivity index (χ0) is 28.0. The number of ether oxygens (including phenoxy) is 2. The average Bonchev–Trinajstić information content (AvgIpc) is 2.85. The smallest absolute Gasteiger partial charge is 0.469 e. The molecule has 1 unspecified atom stereocenters. The van der Waals surface area contributed by atoms with Crippen LogP contribution in [-0.4, -0.2) is 55.5 Å². The van der Waals surface area contributed by atoms with E-state index in [1.165, 1.54) is 0 Å². The van der Waals surface area contributed by atoms with Crippen LogP contribution in [-0.2, 0) is 19.1 Å². The van der Waals surface area contributed by atoms with Crippen molar-refractivity contribution in [2.75, 3.05) is 25.6 Å². The standard InChI is InChI=1S/C22H16F8N2O5/c1-8(20(34)31(2)5-4-13(33)36-3)32-11-6-9(10(23)7-12(11)37-22(29,30)21(32)35)14-15(24)17(26)19(28)18(27)16(14)25/h6-8H,4-5H2,1-3H3. The first kappa shape index (κ1) is 27.7. The van der Waals surface area contributed by atoms with Crippen molar-refractivity contribution in [2.24, 2.45) is 0 Å². The Morgan fingerprint density at radius 2 is 1.57 bits per heavy atom. The fourth-order valence-corrected chi connectivity index (χ4v) is 3.56. The highest BCUT2D eigenvalue weighted by atomic mass is 19.3. The quantitative estimate of drug-likeness (QED) is 0.241. The van der Waals surface area contributed by atoms with Crippen LogP contribution in [0.15, 0.2) is 12.1 Å². The molecule has 2 amide bonds. The van der Waals surface area contributed by atoms with Crippen molar-refractivity contribution in [3.63, 3.8) is 0 Å². The van der Waals surface area contributed by atoms with E-state index >= 15 is 0 Å². The van der Waals surface area contributed by atoms with E-state index in [1.54, 1.807) is 0 Å². The Morgan fingerprint density at radius 1 is 1.03 bits per heavy atom. The molecule has 7 nitrogen and oxygen atoms in total. The number of esters is 1. The second kappa shape index (κ2) is 9.86. The van der Waals surface area contributed by atoms with Crippen molar-refractivity contribution in [3.05, 3.63) is 47.0 Å². The molecule has 1 atom stereocenters. The van der Waals surface area contributed by atoms with Gasteiger partial charge >= 0.3 is 18.0 Å². The number of amides is 2. The number of carbonyl (C=O) groups is 3. The zero-order valence-electron chi connectivity index (χ0n) is 19.1. The lowest BCUT2D eigenvalue weighted by Crippen LogP contribution is -2.57. The van der Waals surface area contributed by atoms with Crippen LogP contribution in [0, 0.1) is 34.9 Å². The number of alkyl halides is 2. The van der Waals surface area contributed by atoms with Gasteiger partial charge in [-0.05, 0) is 13.0 Å². The number of fused-ring (bicyclic) bond motifs is 1. The summed E-state index contributed by atoms with van der Waals surface area (Å²) in [6.07, 6.45) is -4.92. The summed E-state index contributed by atoms with van der Waals surface area (Å²) in [7, 11) is 2.25. The van der Waals surface area contributed by atoms with E-state index in [-0.39, 0.29) is 23.9 Å². The summed E-state index contributed by atoms with van der Waals surface area (Å²) in [5, 5.41) is 0. The Hall–Kier alpha value is -3.91. The first-order chi connectivity index (χ1) is 17.1. The molecule has 2 aromatic carbocycles. The van der Waals surface area contributed by atoms with Crippen LogP contribution in [0.1, 0.15) is 13.3 Å². The summed E-state index contributed by atoms with van der Waals surface area (Å²) >= 11 is 0. The zero-order valence-corrected chi connectivity index (χ0v) is 19.1. The largest absolute Gasteiger partial charge is 0.483 e. The van der Waals surface area contributed by atoms with Crippen molar-refractivity contribution >= 4 is 23.5 Å². The Balaban J connectivity index is 2.16. The average molecular weight is 540 g/mol. The van der Waals surface area contributed by atoms with Crippen molar-refractivity contribution in [1.29, 1.82) is 0 Å². The predicted molar refractivity (Wildman–Crippen MR) is 108 cm³/mol. The van der Waals surface area contributed by atoms with Crippen LogP contribution >= 0.6 is 0 Å². The monoisotopic (exact) mass is 540 g/mol. The van der Waals surface area contributed by atoms with Crippen molar-refractivity contribution in [2.45, 2.75) is 25.5 Å². The van der Waals surface area contributed by atoms with E-state index in [0.717, 1.165) is 26.0 Å². The maximum absolute atomic E-state index is 14.7. The summed E-state index contributed by atoms with van der Waals surface area (Å²) in [4.78, 5) is 37.7. The fraction of sp³-hybridized carbons (Fsp3) is 0.318. The minimum Gasteiger partial charge on any atom is -0.469 e. The summed E-state index contributed by atoms with van der Waals surface area (Å²) in [5.74, 6) is -18.9. The minimum absolute atomic E-state index is 0.130. The molecule has 0 aliphatic carbocycles. The summed E-state index contributed by atoms with van der Waals surface area (Å²) in [6, 6.07) is -1.30. The van der Waals surface area contributed by atoms with E-state index in [1.807, 2.05) is 0 Å². The number of nitrogens with zero attached hydrogens (tertiary/aromatic N) is 2. The van der Waals surface area contributed by atoms with E-state index in [0.29, 0.717) is 6.07 Å². The van der Waals surface area contributed by atoms with Crippen LogP contribution < -0.4 is 9.64 Å². The SMILES string of the molecule is COC(=O)CCN(C)C(=O)C(C)N1C(=O)C(F)(F)Oc2cc(F)c(-c3c(F)c(F)c(F)c(F)c3F)cc21. The number of rotatable bonds is 6. The van der Waals surface area contributed by atoms with Crippen LogP contribution in [0.3, 0.4) is 0 Å². The molecule has 37 heavy (non-hydrogen) atoms. The summed E-state index contributed by atoms with van der Waals surface area (Å²) in [6.45, 7) is 0.707. The van der Waals surface area contributed by atoms with E-state index in [4.69, 9.17) is 0 Å². The number of methoxy groups -OCH3 is 1. The van der Waals surface area contributed by atoms with Gasteiger partial charge in [0.05, 0.1) is 24.8 Å². The molecule has 0 spiro atoms. The van der Waals surface area contributed by atoms with Gasteiger partial charge in [0.25, 0.3) is 0 Å². The van der Waals surface area contributed by atoms with Crippen molar-refractivity contribution in [3.8, 4) is 16.9 Å². The summed E-state index contributed by atoms with van der Waals surface area (Å²) < 4.78 is 122. The van der Waals surface area contributed by atoms with Gasteiger partial charge in [-0.1, -0.05) is 0 Å². The molecule has 200 valence electrons. The van der Waals surface area contributed by atoms with Crippen LogP contribution in [0.2, 0.25) is 0 Å². The predicted octanol–water partition coefficient (Wildman–Crippen LogP) is 3.92. The highest BCUT2D eigenvalue weighted by Crippen LogP contribution is 2.45. The molecule has 0 radical (unpaired) electrons. The molecule has 0 N–H and O–H groups in total. The molecule has 0 fully saturated rings. The number of benzene rings is 2. The normalized spacial score (nSPS) is 15.1.